The predicted octanol–water partition coefficient (Wildman–Crippen LogP) is 2.74. The normalized spacial score (nSPS) is 11.6. The predicted molar refractivity (Wildman–Crippen MR) is 86.6 cm³/mol. The molecule has 1 N–H and O–H groups in total. The number of benzene rings is 1. The molecular formula is C17H28N2O2. The van der Waals surface area contributed by atoms with Crippen molar-refractivity contribution in [2.75, 3.05) is 20.2 Å². The van der Waals surface area contributed by atoms with Gasteiger partial charge in [-0.15, -0.1) is 0 Å². The minimum Gasteiger partial charge on any atom is -0.496 e. The summed E-state index contributed by atoms with van der Waals surface area (Å²) in [5.74, 6) is 0.922. The van der Waals surface area contributed by atoms with Gasteiger partial charge < -0.3 is 10.1 Å². The number of nitrogens with zero attached hydrogens (tertiary/aromatic N) is 1. The summed E-state index contributed by atoms with van der Waals surface area (Å²) < 4.78 is 5.40. The highest BCUT2D eigenvalue weighted by atomic mass is 16.5. The molecule has 1 amide bonds. The van der Waals surface area contributed by atoms with E-state index in [0.717, 1.165) is 17.9 Å². The summed E-state index contributed by atoms with van der Waals surface area (Å²) in [6.45, 7) is 12.0. The van der Waals surface area contributed by atoms with Gasteiger partial charge in [-0.05, 0) is 40.3 Å². The molecule has 1 rings (SSSR count). The first-order valence-electron chi connectivity index (χ1n) is 7.42. The Hall–Kier alpha value is -1.55. The van der Waals surface area contributed by atoms with E-state index in [4.69, 9.17) is 4.74 Å². The van der Waals surface area contributed by atoms with Crippen LogP contribution >= 0.6 is 0 Å². The van der Waals surface area contributed by atoms with Gasteiger partial charge in [0.1, 0.15) is 5.75 Å². The first-order valence-corrected chi connectivity index (χ1v) is 7.42. The van der Waals surface area contributed by atoms with E-state index in [1.165, 1.54) is 5.56 Å². The topological polar surface area (TPSA) is 41.6 Å². The monoisotopic (exact) mass is 292 g/mol. The molecule has 1 aromatic rings. The second kappa shape index (κ2) is 7.46. The van der Waals surface area contributed by atoms with Crippen molar-refractivity contribution in [1.29, 1.82) is 0 Å². The summed E-state index contributed by atoms with van der Waals surface area (Å²) in [7, 11) is 1.68. The largest absolute Gasteiger partial charge is 0.496 e. The number of carbonyl (C=O) groups is 1. The molecule has 0 saturated heterocycles. The number of likely N-dealkylation sites (N-methyl/N-ethyl adjacent to an activating group) is 1. The van der Waals surface area contributed by atoms with Gasteiger partial charge in [-0.2, -0.15) is 0 Å². The van der Waals surface area contributed by atoms with Crippen molar-refractivity contribution >= 4 is 5.91 Å². The fourth-order valence-corrected chi connectivity index (χ4v) is 2.21. The second-order valence-corrected chi connectivity index (χ2v) is 6.42. The van der Waals surface area contributed by atoms with Crippen molar-refractivity contribution in [2.24, 2.45) is 0 Å². The molecule has 0 aromatic heterocycles. The first kappa shape index (κ1) is 17.5. The molecule has 0 aliphatic rings. The Morgan fingerprint density at radius 2 is 2.00 bits per heavy atom. The summed E-state index contributed by atoms with van der Waals surface area (Å²) in [4.78, 5) is 14.2. The van der Waals surface area contributed by atoms with Crippen LogP contribution in [0, 0.1) is 6.92 Å². The summed E-state index contributed by atoms with van der Waals surface area (Å²) in [5.41, 5.74) is 2.11. The number of carbonyl (C=O) groups excluding carboxylic acids is 1. The first-order chi connectivity index (χ1) is 9.75. The molecule has 0 aliphatic heterocycles. The van der Waals surface area contributed by atoms with E-state index in [1.807, 2.05) is 32.9 Å². The zero-order valence-electron chi connectivity index (χ0n) is 14.1. The molecule has 0 fully saturated rings. The van der Waals surface area contributed by atoms with Crippen molar-refractivity contribution in [3.63, 3.8) is 0 Å². The fourth-order valence-electron chi connectivity index (χ4n) is 2.21. The van der Waals surface area contributed by atoms with Crippen molar-refractivity contribution in [2.45, 2.75) is 46.7 Å². The van der Waals surface area contributed by atoms with Crippen LogP contribution in [0.15, 0.2) is 18.2 Å². The van der Waals surface area contributed by atoms with E-state index in [9.17, 15) is 4.79 Å². The van der Waals surface area contributed by atoms with E-state index >= 15 is 0 Å². The van der Waals surface area contributed by atoms with Gasteiger partial charge in [0.25, 0.3) is 0 Å². The van der Waals surface area contributed by atoms with Crippen LogP contribution in [0.3, 0.4) is 0 Å². The van der Waals surface area contributed by atoms with Crippen LogP contribution in [0.1, 0.15) is 38.8 Å². The van der Waals surface area contributed by atoms with Gasteiger partial charge in [-0.3, -0.25) is 9.69 Å². The van der Waals surface area contributed by atoms with Crippen molar-refractivity contribution in [1.82, 2.24) is 10.2 Å². The smallest absolute Gasteiger partial charge is 0.234 e. The Morgan fingerprint density at radius 1 is 1.33 bits per heavy atom. The van der Waals surface area contributed by atoms with E-state index in [1.54, 1.807) is 7.11 Å². The van der Waals surface area contributed by atoms with E-state index < -0.39 is 0 Å². The average Bonchev–Trinajstić information content (AvgIpc) is 2.36. The van der Waals surface area contributed by atoms with E-state index in [0.29, 0.717) is 13.1 Å². The lowest BCUT2D eigenvalue weighted by Crippen LogP contribution is -2.45. The van der Waals surface area contributed by atoms with Gasteiger partial charge in [0.05, 0.1) is 13.7 Å². The third-order valence-electron chi connectivity index (χ3n) is 3.16. The minimum atomic E-state index is -0.197. The summed E-state index contributed by atoms with van der Waals surface area (Å²) in [6.07, 6.45) is 0. The summed E-state index contributed by atoms with van der Waals surface area (Å²) >= 11 is 0. The molecule has 0 radical (unpaired) electrons. The van der Waals surface area contributed by atoms with Crippen LogP contribution < -0.4 is 10.1 Å². The van der Waals surface area contributed by atoms with Gasteiger partial charge >= 0.3 is 0 Å². The fraction of sp³-hybridized carbons (Fsp3) is 0.588. The number of amides is 1. The lowest BCUT2D eigenvalue weighted by molar-refractivity contribution is -0.123. The Bertz CT molecular complexity index is 478. The molecule has 0 unspecified atom stereocenters. The Balaban J connectivity index is 2.74. The molecular weight excluding hydrogens is 264 g/mol. The van der Waals surface area contributed by atoms with Crippen LogP contribution in [0.25, 0.3) is 0 Å². The lowest BCUT2D eigenvalue weighted by Gasteiger charge is -2.25. The van der Waals surface area contributed by atoms with E-state index in [-0.39, 0.29) is 11.4 Å². The number of rotatable bonds is 6. The molecule has 21 heavy (non-hydrogen) atoms. The second-order valence-electron chi connectivity index (χ2n) is 6.42. The molecule has 0 bridgehead atoms. The minimum absolute atomic E-state index is 0.0518. The lowest BCUT2D eigenvalue weighted by atomic mass is 10.1. The van der Waals surface area contributed by atoms with Gasteiger partial charge in [-0.1, -0.05) is 24.6 Å². The molecule has 4 nitrogen and oxygen atoms in total. The Labute approximate surface area is 128 Å². The van der Waals surface area contributed by atoms with Crippen LogP contribution in [0.5, 0.6) is 5.75 Å². The third kappa shape index (κ3) is 6.17. The highest BCUT2D eigenvalue weighted by Crippen LogP contribution is 2.21. The zero-order valence-corrected chi connectivity index (χ0v) is 14.1. The average molecular weight is 292 g/mol. The Kier molecular flexibility index (Phi) is 6.21. The van der Waals surface area contributed by atoms with Crippen LogP contribution in [0.2, 0.25) is 0 Å². The number of hydrogen-bond donors (Lipinski definition) is 1. The maximum Gasteiger partial charge on any atom is 0.234 e. The van der Waals surface area contributed by atoms with Gasteiger partial charge in [0, 0.05) is 17.6 Å². The summed E-state index contributed by atoms with van der Waals surface area (Å²) in [5, 5.41) is 3.00. The maximum atomic E-state index is 12.1. The number of hydrogen-bond acceptors (Lipinski definition) is 3. The molecule has 4 heteroatoms. The molecule has 0 aliphatic carbocycles. The molecule has 1 aromatic carbocycles. The SMILES string of the molecule is CCN(CC(=O)NC(C)(C)C)Cc1cc(C)ccc1OC. The van der Waals surface area contributed by atoms with Crippen LogP contribution in [-0.4, -0.2) is 36.5 Å². The molecule has 0 spiro atoms. The van der Waals surface area contributed by atoms with Crippen molar-refractivity contribution in [3.8, 4) is 5.75 Å². The Morgan fingerprint density at radius 3 is 2.52 bits per heavy atom. The highest BCUT2D eigenvalue weighted by Gasteiger charge is 2.17. The van der Waals surface area contributed by atoms with Crippen molar-refractivity contribution in [3.05, 3.63) is 29.3 Å². The number of nitrogens with one attached hydrogen (secondary N) is 1. The quantitative estimate of drug-likeness (QED) is 0.876. The number of methoxy groups -OCH3 is 1. The standard InChI is InChI=1S/C17H28N2O2/c1-7-19(12-16(20)18-17(3,4)5)11-14-10-13(2)8-9-15(14)21-6/h8-10H,7,11-12H2,1-6H3,(H,18,20). The molecule has 0 heterocycles. The zero-order chi connectivity index (χ0) is 16.0. The van der Waals surface area contributed by atoms with Gasteiger partial charge in [-0.25, -0.2) is 0 Å². The third-order valence-corrected chi connectivity index (χ3v) is 3.16. The van der Waals surface area contributed by atoms with Gasteiger partial charge in [0.2, 0.25) is 5.91 Å². The summed E-state index contributed by atoms with van der Waals surface area (Å²) in [6, 6.07) is 6.13. The van der Waals surface area contributed by atoms with Gasteiger partial charge in [0.15, 0.2) is 0 Å². The number of aryl methyl sites for hydroxylation is 1. The molecule has 118 valence electrons. The van der Waals surface area contributed by atoms with E-state index in [2.05, 4.69) is 30.1 Å². The number of ether oxygens (including phenoxy) is 1. The van der Waals surface area contributed by atoms with Crippen LogP contribution in [-0.2, 0) is 11.3 Å². The van der Waals surface area contributed by atoms with Crippen LogP contribution in [0.4, 0.5) is 0 Å². The highest BCUT2D eigenvalue weighted by molar-refractivity contribution is 5.78. The van der Waals surface area contributed by atoms with Crippen molar-refractivity contribution < 1.29 is 9.53 Å². The molecule has 0 atom stereocenters. The molecule has 0 saturated carbocycles. The maximum absolute atomic E-state index is 12.1.